The molecule has 5 nitrogen and oxygen atoms in total. The molecule has 0 saturated heterocycles. The van der Waals surface area contributed by atoms with Gasteiger partial charge in [-0.3, -0.25) is 10.1 Å². The molecule has 21 heavy (non-hydrogen) atoms. The van der Waals surface area contributed by atoms with Crippen LogP contribution in [-0.2, 0) is 0 Å². The standard InChI is InChI=1S/C13H6BrF2N3O2/c14-9-4-13(11(16)5-10(9)15)18-12-2-1-8(19(20)21)3-7(12)6-17/h1-5,18H. The van der Waals surface area contributed by atoms with Gasteiger partial charge >= 0.3 is 0 Å². The van der Waals surface area contributed by atoms with Gasteiger partial charge in [0, 0.05) is 18.2 Å². The number of hydrogen-bond donors (Lipinski definition) is 1. The topological polar surface area (TPSA) is 79.0 Å². The minimum atomic E-state index is -0.849. The molecule has 2 aromatic carbocycles. The van der Waals surface area contributed by atoms with Gasteiger partial charge in [0.05, 0.1) is 26.3 Å². The normalized spacial score (nSPS) is 10.0. The zero-order chi connectivity index (χ0) is 15.6. The van der Waals surface area contributed by atoms with E-state index in [-0.39, 0.29) is 27.1 Å². The zero-order valence-electron chi connectivity index (χ0n) is 10.2. The summed E-state index contributed by atoms with van der Waals surface area (Å²) in [6.07, 6.45) is 0. The van der Waals surface area contributed by atoms with E-state index < -0.39 is 16.6 Å². The number of nitriles is 1. The van der Waals surface area contributed by atoms with Gasteiger partial charge in [0.25, 0.3) is 5.69 Å². The molecule has 0 aromatic heterocycles. The second-order valence-corrected chi connectivity index (χ2v) is 4.82. The quantitative estimate of drug-likeness (QED) is 0.508. The van der Waals surface area contributed by atoms with Crippen LogP contribution in [0.15, 0.2) is 34.8 Å². The summed E-state index contributed by atoms with van der Waals surface area (Å²) < 4.78 is 26.8. The van der Waals surface area contributed by atoms with Gasteiger partial charge in [0.15, 0.2) is 0 Å². The fourth-order valence-corrected chi connectivity index (χ4v) is 1.95. The van der Waals surface area contributed by atoms with Crippen LogP contribution in [0.5, 0.6) is 0 Å². The first-order valence-corrected chi connectivity index (χ1v) is 6.32. The first kappa shape index (κ1) is 14.9. The smallest absolute Gasteiger partial charge is 0.270 e. The Morgan fingerprint density at radius 3 is 2.52 bits per heavy atom. The van der Waals surface area contributed by atoms with E-state index in [1.165, 1.54) is 18.2 Å². The van der Waals surface area contributed by atoms with Crippen LogP contribution in [0.3, 0.4) is 0 Å². The van der Waals surface area contributed by atoms with Crippen molar-refractivity contribution < 1.29 is 13.7 Å². The van der Waals surface area contributed by atoms with E-state index in [0.29, 0.717) is 6.07 Å². The molecular formula is C13H6BrF2N3O2. The zero-order valence-corrected chi connectivity index (χ0v) is 11.8. The summed E-state index contributed by atoms with van der Waals surface area (Å²) in [6, 6.07) is 7.17. The molecule has 0 heterocycles. The number of nitro benzene ring substituents is 1. The summed E-state index contributed by atoms with van der Waals surface area (Å²) in [5.41, 5.74) is -0.156. The molecule has 2 aromatic rings. The Labute approximate surface area is 126 Å². The maximum absolute atomic E-state index is 13.6. The lowest BCUT2D eigenvalue weighted by atomic mass is 10.1. The highest BCUT2D eigenvalue weighted by atomic mass is 79.9. The lowest BCUT2D eigenvalue weighted by Gasteiger charge is -2.10. The lowest BCUT2D eigenvalue weighted by molar-refractivity contribution is -0.384. The third kappa shape index (κ3) is 3.14. The summed E-state index contributed by atoms with van der Waals surface area (Å²) in [6.45, 7) is 0. The highest BCUT2D eigenvalue weighted by Gasteiger charge is 2.13. The molecule has 0 bridgehead atoms. The minimum Gasteiger partial charge on any atom is -0.352 e. The maximum atomic E-state index is 13.6. The molecule has 0 aliphatic carbocycles. The fraction of sp³-hybridized carbons (Fsp3) is 0. The number of hydrogen-bond acceptors (Lipinski definition) is 4. The van der Waals surface area contributed by atoms with Crippen LogP contribution in [0.2, 0.25) is 0 Å². The number of halogens is 3. The van der Waals surface area contributed by atoms with E-state index in [1.54, 1.807) is 6.07 Å². The van der Waals surface area contributed by atoms with Crippen LogP contribution in [0.25, 0.3) is 0 Å². The predicted octanol–water partition coefficient (Wildman–Crippen LogP) is 4.25. The third-order valence-corrected chi connectivity index (χ3v) is 3.22. The van der Waals surface area contributed by atoms with Gasteiger partial charge in [0.1, 0.15) is 17.7 Å². The summed E-state index contributed by atoms with van der Waals surface area (Å²) in [4.78, 5) is 10.0. The van der Waals surface area contributed by atoms with Crippen molar-refractivity contribution in [1.82, 2.24) is 0 Å². The van der Waals surface area contributed by atoms with Crippen molar-refractivity contribution in [2.24, 2.45) is 0 Å². The van der Waals surface area contributed by atoms with Crippen molar-refractivity contribution in [3.63, 3.8) is 0 Å². The van der Waals surface area contributed by atoms with Gasteiger partial charge in [-0.15, -0.1) is 0 Å². The minimum absolute atomic E-state index is 0.0240. The van der Waals surface area contributed by atoms with E-state index in [4.69, 9.17) is 5.26 Å². The van der Waals surface area contributed by atoms with Crippen molar-refractivity contribution in [1.29, 1.82) is 5.26 Å². The molecule has 0 aliphatic heterocycles. The molecule has 1 N–H and O–H groups in total. The number of nitro groups is 1. The average Bonchev–Trinajstić information content (AvgIpc) is 2.44. The number of benzene rings is 2. The third-order valence-electron chi connectivity index (χ3n) is 2.61. The molecule has 0 aliphatic rings. The molecule has 0 spiro atoms. The molecule has 0 unspecified atom stereocenters. The molecule has 0 fully saturated rings. The monoisotopic (exact) mass is 353 g/mol. The second kappa shape index (κ2) is 5.85. The summed E-state index contributed by atoms with van der Waals surface area (Å²) >= 11 is 2.92. The van der Waals surface area contributed by atoms with Crippen molar-refractivity contribution in [3.8, 4) is 6.07 Å². The molecule has 2 rings (SSSR count). The molecule has 0 radical (unpaired) electrons. The Kier molecular flexibility index (Phi) is 4.14. The van der Waals surface area contributed by atoms with Gasteiger partial charge in [-0.2, -0.15) is 5.26 Å². The van der Waals surface area contributed by atoms with Crippen LogP contribution in [0, 0.1) is 33.1 Å². The Bertz CT molecular complexity index is 775. The van der Waals surface area contributed by atoms with Gasteiger partial charge in [0.2, 0.25) is 0 Å². The molecule has 0 amide bonds. The van der Waals surface area contributed by atoms with Crippen molar-refractivity contribution in [2.75, 3.05) is 5.32 Å². The van der Waals surface area contributed by atoms with Gasteiger partial charge in [-0.25, -0.2) is 8.78 Å². The molecule has 0 saturated carbocycles. The van der Waals surface area contributed by atoms with Crippen LogP contribution in [0.4, 0.5) is 25.8 Å². The first-order valence-electron chi connectivity index (χ1n) is 5.52. The van der Waals surface area contributed by atoms with Crippen LogP contribution < -0.4 is 5.32 Å². The Hall–Kier alpha value is -2.53. The predicted molar refractivity (Wildman–Crippen MR) is 75.2 cm³/mol. The van der Waals surface area contributed by atoms with Crippen molar-refractivity contribution >= 4 is 33.0 Å². The van der Waals surface area contributed by atoms with E-state index in [1.807, 2.05) is 0 Å². The maximum Gasteiger partial charge on any atom is 0.270 e. The Morgan fingerprint density at radius 2 is 1.90 bits per heavy atom. The van der Waals surface area contributed by atoms with Crippen LogP contribution >= 0.6 is 15.9 Å². The summed E-state index contributed by atoms with van der Waals surface area (Å²) in [5, 5.41) is 22.2. The summed E-state index contributed by atoms with van der Waals surface area (Å²) in [5.74, 6) is -1.61. The number of nitrogens with one attached hydrogen (secondary N) is 1. The number of rotatable bonds is 3. The Balaban J connectivity index is 2.43. The molecule has 8 heteroatoms. The number of nitrogens with zero attached hydrogens (tertiary/aromatic N) is 2. The first-order chi connectivity index (χ1) is 9.92. The van der Waals surface area contributed by atoms with Gasteiger partial charge in [-0.1, -0.05) is 0 Å². The van der Waals surface area contributed by atoms with Crippen molar-refractivity contribution in [3.05, 3.63) is 62.1 Å². The van der Waals surface area contributed by atoms with Crippen LogP contribution in [-0.4, -0.2) is 4.92 Å². The van der Waals surface area contributed by atoms with E-state index in [2.05, 4.69) is 21.2 Å². The van der Waals surface area contributed by atoms with E-state index >= 15 is 0 Å². The van der Waals surface area contributed by atoms with Gasteiger partial charge < -0.3 is 5.32 Å². The second-order valence-electron chi connectivity index (χ2n) is 3.97. The average molecular weight is 354 g/mol. The largest absolute Gasteiger partial charge is 0.352 e. The highest BCUT2D eigenvalue weighted by Crippen LogP contribution is 2.29. The lowest BCUT2D eigenvalue weighted by Crippen LogP contribution is -1.99. The number of anilines is 2. The SMILES string of the molecule is N#Cc1cc([N+](=O)[O-])ccc1Nc1cc(Br)c(F)cc1F. The molecule has 0 atom stereocenters. The highest BCUT2D eigenvalue weighted by molar-refractivity contribution is 9.10. The fourth-order valence-electron chi connectivity index (χ4n) is 1.61. The van der Waals surface area contributed by atoms with E-state index in [9.17, 15) is 18.9 Å². The van der Waals surface area contributed by atoms with Gasteiger partial charge in [-0.05, 0) is 28.1 Å². The molecule has 106 valence electrons. The summed E-state index contributed by atoms with van der Waals surface area (Å²) in [7, 11) is 0. The number of non-ortho nitro benzene ring substituents is 1. The van der Waals surface area contributed by atoms with Crippen LogP contribution in [0.1, 0.15) is 5.56 Å². The molecular weight excluding hydrogens is 348 g/mol. The van der Waals surface area contributed by atoms with Crippen molar-refractivity contribution in [2.45, 2.75) is 0 Å². The Morgan fingerprint density at radius 1 is 1.19 bits per heavy atom. The van der Waals surface area contributed by atoms with E-state index in [0.717, 1.165) is 6.07 Å².